The zero-order chi connectivity index (χ0) is 22.1. The Morgan fingerprint density at radius 1 is 1.00 bits per heavy atom. The quantitative estimate of drug-likeness (QED) is 0.621. The number of rotatable bonds is 5. The molecule has 0 bridgehead atoms. The number of aromatic nitrogens is 2. The van der Waals surface area contributed by atoms with E-state index >= 15 is 0 Å². The molecule has 0 spiro atoms. The zero-order valence-electron chi connectivity index (χ0n) is 16.7. The van der Waals surface area contributed by atoms with Crippen LogP contribution in [0.5, 0.6) is 0 Å². The van der Waals surface area contributed by atoms with Crippen LogP contribution in [0.4, 0.5) is 8.78 Å². The lowest BCUT2D eigenvalue weighted by atomic mass is 10.0. The third kappa shape index (κ3) is 4.11. The maximum absolute atomic E-state index is 14.7. The van der Waals surface area contributed by atoms with Crippen LogP contribution >= 0.6 is 0 Å². The summed E-state index contributed by atoms with van der Waals surface area (Å²) < 4.78 is 55.3. The van der Waals surface area contributed by atoms with Crippen molar-refractivity contribution in [3.05, 3.63) is 93.5 Å². The standard InChI is InChI=1S/C21H21F2N3O3S/c1-14(2)15-8-10-17(11-9-15)30(28,29)26-13-19(23)20(25(3)21(26)27)24-12-16-6-4-5-7-18(16)22/h4-11,13-14H,12H2,1-3H3. The predicted octanol–water partition coefficient (Wildman–Crippen LogP) is 2.93. The van der Waals surface area contributed by atoms with Crippen molar-refractivity contribution in [3.63, 3.8) is 0 Å². The highest BCUT2D eigenvalue weighted by molar-refractivity contribution is 7.90. The molecule has 2 aromatic carbocycles. The van der Waals surface area contributed by atoms with E-state index in [0.29, 0.717) is 10.2 Å². The van der Waals surface area contributed by atoms with Gasteiger partial charge in [0.2, 0.25) is 0 Å². The lowest BCUT2D eigenvalue weighted by Gasteiger charge is -2.12. The highest BCUT2D eigenvalue weighted by atomic mass is 32.2. The van der Waals surface area contributed by atoms with Gasteiger partial charge in [0.1, 0.15) is 5.82 Å². The first kappa shape index (κ1) is 21.6. The van der Waals surface area contributed by atoms with Crippen LogP contribution in [0.2, 0.25) is 0 Å². The van der Waals surface area contributed by atoms with Crippen molar-refractivity contribution in [1.82, 2.24) is 8.54 Å². The molecular weight excluding hydrogens is 412 g/mol. The van der Waals surface area contributed by atoms with Crippen molar-refractivity contribution in [1.29, 1.82) is 0 Å². The van der Waals surface area contributed by atoms with Gasteiger partial charge in [0, 0.05) is 12.6 Å². The first-order valence-electron chi connectivity index (χ1n) is 9.20. The second-order valence-electron chi connectivity index (χ2n) is 7.07. The third-order valence-electron chi connectivity index (χ3n) is 4.70. The Labute approximate surface area is 172 Å². The summed E-state index contributed by atoms with van der Waals surface area (Å²) in [6.07, 6.45) is 0.591. The van der Waals surface area contributed by atoms with E-state index in [1.54, 1.807) is 18.2 Å². The summed E-state index contributed by atoms with van der Waals surface area (Å²) in [6.45, 7) is 3.73. The average molecular weight is 433 g/mol. The summed E-state index contributed by atoms with van der Waals surface area (Å²) in [5.41, 5.74) is -0.208. The molecule has 0 fully saturated rings. The third-order valence-corrected chi connectivity index (χ3v) is 6.35. The van der Waals surface area contributed by atoms with Gasteiger partial charge in [-0.25, -0.2) is 22.0 Å². The van der Waals surface area contributed by atoms with E-state index in [0.717, 1.165) is 10.1 Å². The minimum Gasteiger partial charge on any atom is -0.278 e. The van der Waals surface area contributed by atoms with Gasteiger partial charge in [-0.15, -0.1) is 0 Å². The van der Waals surface area contributed by atoms with Gasteiger partial charge >= 0.3 is 5.69 Å². The maximum atomic E-state index is 14.7. The lowest BCUT2D eigenvalue weighted by Crippen LogP contribution is -2.42. The summed E-state index contributed by atoms with van der Waals surface area (Å²) in [4.78, 5) is 16.5. The van der Waals surface area contributed by atoms with Gasteiger partial charge in [-0.3, -0.25) is 9.56 Å². The van der Waals surface area contributed by atoms with E-state index < -0.39 is 27.3 Å². The highest BCUT2D eigenvalue weighted by Gasteiger charge is 2.21. The molecule has 1 aromatic heterocycles. The number of hydrogen-bond donors (Lipinski definition) is 0. The Bertz CT molecular complexity index is 1310. The number of nitrogens with zero attached hydrogens (tertiary/aromatic N) is 3. The van der Waals surface area contributed by atoms with Crippen LogP contribution in [-0.4, -0.2) is 17.0 Å². The van der Waals surface area contributed by atoms with Crippen molar-refractivity contribution in [2.75, 3.05) is 0 Å². The molecule has 0 aliphatic carbocycles. The van der Waals surface area contributed by atoms with Crippen molar-refractivity contribution in [2.45, 2.75) is 31.2 Å². The summed E-state index contributed by atoms with van der Waals surface area (Å²) in [5, 5.41) is 0. The topological polar surface area (TPSA) is 73.4 Å². The molecule has 0 radical (unpaired) electrons. The second-order valence-corrected chi connectivity index (χ2v) is 8.89. The van der Waals surface area contributed by atoms with Crippen molar-refractivity contribution in [2.24, 2.45) is 12.0 Å². The average Bonchev–Trinajstić information content (AvgIpc) is 2.71. The van der Waals surface area contributed by atoms with Crippen molar-refractivity contribution < 1.29 is 17.2 Å². The molecule has 0 saturated heterocycles. The maximum Gasteiger partial charge on any atom is 0.343 e. The SMILES string of the molecule is CC(C)c1ccc(S(=O)(=O)n2cc(F)c(=NCc3ccccc3F)n(C)c2=O)cc1. The van der Waals surface area contributed by atoms with E-state index in [9.17, 15) is 22.0 Å². The smallest absolute Gasteiger partial charge is 0.278 e. The van der Waals surface area contributed by atoms with Gasteiger partial charge in [-0.1, -0.05) is 44.2 Å². The van der Waals surface area contributed by atoms with Crippen LogP contribution in [0, 0.1) is 11.6 Å². The van der Waals surface area contributed by atoms with Gasteiger partial charge in [0.25, 0.3) is 10.0 Å². The molecule has 1 heterocycles. The monoisotopic (exact) mass is 433 g/mol. The molecule has 6 nitrogen and oxygen atoms in total. The highest BCUT2D eigenvalue weighted by Crippen LogP contribution is 2.18. The van der Waals surface area contributed by atoms with E-state index in [1.165, 1.54) is 37.4 Å². The van der Waals surface area contributed by atoms with Crippen LogP contribution in [0.25, 0.3) is 0 Å². The largest absolute Gasteiger partial charge is 0.343 e. The van der Waals surface area contributed by atoms with Crippen LogP contribution in [0.3, 0.4) is 0 Å². The Kier molecular flexibility index (Phi) is 6.02. The molecule has 0 aliphatic rings. The molecule has 0 unspecified atom stereocenters. The van der Waals surface area contributed by atoms with Crippen molar-refractivity contribution in [3.8, 4) is 0 Å². The van der Waals surface area contributed by atoms with Crippen LogP contribution in [-0.2, 0) is 23.6 Å². The summed E-state index contributed by atoms with van der Waals surface area (Å²) >= 11 is 0. The Balaban J connectivity index is 2.07. The minimum atomic E-state index is -4.31. The van der Waals surface area contributed by atoms with Crippen molar-refractivity contribution >= 4 is 10.0 Å². The zero-order valence-corrected chi connectivity index (χ0v) is 17.5. The Morgan fingerprint density at radius 3 is 2.23 bits per heavy atom. The number of benzene rings is 2. The van der Waals surface area contributed by atoms with Gasteiger partial charge in [0.15, 0.2) is 11.3 Å². The molecule has 0 aliphatic heterocycles. The predicted molar refractivity (Wildman–Crippen MR) is 108 cm³/mol. The fourth-order valence-electron chi connectivity index (χ4n) is 2.89. The molecule has 0 saturated carbocycles. The number of hydrogen-bond acceptors (Lipinski definition) is 4. The second kappa shape index (κ2) is 8.35. The molecule has 0 atom stereocenters. The van der Waals surface area contributed by atoms with Gasteiger partial charge in [-0.05, 0) is 29.7 Å². The lowest BCUT2D eigenvalue weighted by molar-refractivity contribution is 0.533. The van der Waals surface area contributed by atoms with Crippen LogP contribution in [0.15, 0.2) is 69.4 Å². The number of halogens is 2. The van der Waals surface area contributed by atoms with Crippen LogP contribution in [0.1, 0.15) is 30.9 Å². The van der Waals surface area contributed by atoms with Gasteiger partial charge in [-0.2, -0.15) is 3.97 Å². The molecule has 9 heteroatoms. The molecule has 0 N–H and O–H groups in total. The normalized spacial score (nSPS) is 12.5. The molecule has 3 rings (SSSR count). The van der Waals surface area contributed by atoms with E-state index in [-0.39, 0.29) is 28.4 Å². The van der Waals surface area contributed by atoms with Gasteiger partial charge < -0.3 is 0 Å². The molecular formula is C21H21F2N3O3S. The Hall–Kier alpha value is -3.07. The first-order chi connectivity index (χ1) is 14.1. The summed E-state index contributed by atoms with van der Waals surface area (Å²) in [6, 6.07) is 11.9. The molecule has 158 valence electrons. The van der Waals surface area contributed by atoms with E-state index in [2.05, 4.69) is 4.99 Å². The molecule has 30 heavy (non-hydrogen) atoms. The molecule has 3 aromatic rings. The summed E-state index contributed by atoms with van der Waals surface area (Å²) in [7, 11) is -3.10. The van der Waals surface area contributed by atoms with Crippen LogP contribution < -0.4 is 11.2 Å². The minimum absolute atomic E-state index is 0.135. The fraction of sp³-hybridized carbons (Fsp3) is 0.238. The Morgan fingerprint density at radius 2 is 1.63 bits per heavy atom. The summed E-state index contributed by atoms with van der Waals surface area (Å²) in [5.74, 6) is -1.32. The fourth-order valence-corrected chi connectivity index (χ4v) is 4.16. The van der Waals surface area contributed by atoms with E-state index in [1.807, 2.05) is 13.8 Å². The molecule has 0 amide bonds. The van der Waals surface area contributed by atoms with E-state index in [4.69, 9.17) is 0 Å². The van der Waals surface area contributed by atoms with Gasteiger partial charge in [0.05, 0.1) is 17.6 Å². The first-order valence-corrected chi connectivity index (χ1v) is 10.6.